The Balaban J connectivity index is 1.81. The molecule has 0 aliphatic rings. The lowest BCUT2D eigenvalue weighted by atomic mass is 10.1. The molecule has 120 valence electrons. The van der Waals surface area contributed by atoms with Crippen molar-refractivity contribution in [1.82, 2.24) is 0 Å². The number of anilines is 1. The predicted octanol–water partition coefficient (Wildman–Crippen LogP) is 3.51. The molecule has 0 radical (unpaired) electrons. The molecular formula is C17H15ClFNO3. The van der Waals surface area contributed by atoms with E-state index in [1.807, 2.05) is 6.92 Å². The van der Waals surface area contributed by atoms with E-state index in [9.17, 15) is 14.0 Å². The molecule has 0 heterocycles. The summed E-state index contributed by atoms with van der Waals surface area (Å²) in [5.74, 6) is -1.51. The van der Waals surface area contributed by atoms with Gasteiger partial charge in [0.25, 0.3) is 5.91 Å². The van der Waals surface area contributed by atoms with E-state index in [0.717, 1.165) is 5.56 Å². The summed E-state index contributed by atoms with van der Waals surface area (Å²) in [5, 5.41) is 3.11. The van der Waals surface area contributed by atoms with Gasteiger partial charge in [0.2, 0.25) is 0 Å². The molecule has 0 unspecified atom stereocenters. The fourth-order valence-electron chi connectivity index (χ4n) is 1.88. The van der Waals surface area contributed by atoms with Gasteiger partial charge < -0.3 is 10.1 Å². The molecule has 0 aromatic heterocycles. The monoisotopic (exact) mass is 335 g/mol. The first-order valence-corrected chi connectivity index (χ1v) is 7.28. The van der Waals surface area contributed by atoms with Crippen molar-refractivity contribution in [2.75, 3.05) is 11.9 Å². The maximum atomic E-state index is 13.0. The van der Waals surface area contributed by atoms with Crippen molar-refractivity contribution in [2.24, 2.45) is 0 Å². The standard InChI is InChI=1S/C17H15ClFNO3/c1-11-5-6-14(9-15(11)18)20-16(21)10-23-17(22)8-12-3-2-4-13(19)7-12/h2-7,9H,8,10H2,1H3,(H,20,21). The normalized spacial score (nSPS) is 10.2. The third-order valence-corrected chi connectivity index (χ3v) is 3.46. The summed E-state index contributed by atoms with van der Waals surface area (Å²) in [7, 11) is 0. The summed E-state index contributed by atoms with van der Waals surface area (Å²) in [4.78, 5) is 23.4. The Labute approximate surface area is 138 Å². The second-order valence-electron chi connectivity index (χ2n) is 4.98. The summed E-state index contributed by atoms with van der Waals surface area (Å²) < 4.78 is 17.9. The van der Waals surface area contributed by atoms with Crippen LogP contribution in [0.25, 0.3) is 0 Å². The number of halogens is 2. The number of hydrogen-bond acceptors (Lipinski definition) is 3. The number of esters is 1. The van der Waals surface area contributed by atoms with Gasteiger partial charge in [0, 0.05) is 10.7 Å². The minimum absolute atomic E-state index is 0.0958. The summed E-state index contributed by atoms with van der Waals surface area (Å²) in [6, 6.07) is 10.7. The molecule has 0 bridgehead atoms. The van der Waals surface area contributed by atoms with Crippen molar-refractivity contribution < 1.29 is 18.7 Å². The van der Waals surface area contributed by atoms with Gasteiger partial charge in [0.05, 0.1) is 6.42 Å². The summed E-state index contributed by atoms with van der Waals surface area (Å²) in [6.45, 7) is 1.43. The zero-order valence-corrected chi connectivity index (χ0v) is 13.2. The highest BCUT2D eigenvalue weighted by Gasteiger charge is 2.10. The Kier molecular flexibility index (Phi) is 5.71. The highest BCUT2D eigenvalue weighted by molar-refractivity contribution is 6.31. The Hall–Kier alpha value is -2.40. The van der Waals surface area contributed by atoms with Crippen LogP contribution in [-0.2, 0) is 20.7 Å². The van der Waals surface area contributed by atoms with E-state index >= 15 is 0 Å². The van der Waals surface area contributed by atoms with E-state index in [4.69, 9.17) is 16.3 Å². The van der Waals surface area contributed by atoms with Crippen molar-refractivity contribution in [1.29, 1.82) is 0 Å². The van der Waals surface area contributed by atoms with E-state index in [0.29, 0.717) is 16.3 Å². The van der Waals surface area contributed by atoms with Crippen LogP contribution < -0.4 is 5.32 Å². The summed E-state index contributed by atoms with van der Waals surface area (Å²) in [6.07, 6.45) is -0.0958. The van der Waals surface area contributed by atoms with Gasteiger partial charge in [-0.15, -0.1) is 0 Å². The van der Waals surface area contributed by atoms with Crippen molar-refractivity contribution in [3.05, 3.63) is 64.4 Å². The van der Waals surface area contributed by atoms with Crippen LogP contribution in [0.4, 0.5) is 10.1 Å². The lowest BCUT2D eigenvalue weighted by molar-refractivity contribution is -0.146. The van der Waals surface area contributed by atoms with Crippen LogP contribution in [0.5, 0.6) is 0 Å². The Morgan fingerprint density at radius 1 is 1.22 bits per heavy atom. The van der Waals surface area contributed by atoms with Crippen molar-refractivity contribution >= 4 is 29.2 Å². The first kappa shape index (κ1) is 17.0. The Morgan fingerprint density at radius 2 is 2.00 bits per heavy atom. The fraction of sp³-hybridized carbons (Fsp3) is 0.176. The number of amides is 1. The van der Waals surface area contributed by atoms with Gasteiger partial charge in [-0.3, -0.25) is 9.59 Å². The molecule has 0 atom stereocenters. The fourth-order valence-corrected chi connectivity index (χ4v) is 2.06. The van der Waals surface area contributed by atoms with Crippen LogP contribution in [0.1, 0.15) is 11.1 Å². The zero-order valence-electron chi connectivity index (χ0n) is 12.4. The number of benzene rings is 2. The van der Waals surface area contributed by atoms with E-state index in [-0.39, 0.29) is 6.42 Å². The van der Waals surface area contributed by atoms with Gasteiger partial charge in [-0.1, -0.05) is 29.8 Å². The molecule has 1 N–H and O–H groups in total. The van der Waals surface area contributed by atoms with Gasteiger partial charge in [0.1, 0.15) is 5.82 Å². The van der Waals surface area contributed by atoms with Gasteiger partial charge in [-0.05, 0) is 42.3 Å². The molecule has 6 heteroatoms. The summed E-state index contributed by atoms with van der Waals surface area (Å²) in [5.41, 5.74) is 1.90. The minimum Gasteiger partial charge on any atom is -0.455 e. The van der Waals surface area contributed by atoms with Gasteiger partial charge in [0.15, 0.2) is 6.61 Å². The maximum absolute atomic E-state index is 13.0. The minimum atomic E-state index is -0.604. The third kappa shape index (κ3) is 5.38. The Bertz CT molecular complexity index is 734. The molecule has 0 saturated carbocycles. The van der Waals surface area contributed by atoms with E-state index < -0.39 is 24.3 Å². The van der Waals surface area contributed by atoms with Crippen LogP contribution in [-0.4, -0.2) is 18.5 Å². The van der Waals surface area contributed by atoms with E-state index in [2.05, 4.69) is 5.32 Å². The lowest BCUT2D eigenvalue weighted by Gasteiger charge is -2.08. The van der Waals surface area contributed by atoms with E-state index in [1.165, 1.54) is 18.2 Å². The quantitative estimate of drug-likeness (QED) is 0.851. The number of rotatable bonds is 5. The van der Waals surface area contributed by atoms with Gasteiger partial charge in [-0.2, -0.15) is 0 Å². The number of nitrogens with one attached hydrogen (secondary N) is 1. The molecule has 0 spiro atoms. The van der Waals surface area contributed by atoms with E-state index in [1.54, 1.807) is 24.3 Å². The van der Waals surface area contributed by atoms with Crippen molar-refractivity contribution in [2.45, 2.75) is 13.3 Å². The summed E-state index contributed by atoms with van der Waals surface area (Å²) >= 11 is 5.96. The SMILES string of the molecule is Cc1ccc(NC(=O)COC(=O)Cc2cccc(F)c2)cc1Cl. The second kappa shape index (κ2) is 7.74. The average molecular weight is 336 g/mol. The topological polar surface area (TPSA) is 55.4 Å². The average Bonchev–Trinajstić information content (AvgIpc) is 2.49. The molecule has 2 rings (SSSR count). The molecule has 23 heavy (non-hydrogen) atoms. The first-order valence-electron chi connectivity index (χ1n) is 6.90. The molecule has 4 nitrogen and oxygen atoms in total. The smallest absolute Gasteiger partial charge is 0.310 e. The molecule has 1 amide bonds. The van der Waals surface area contributed by atoms with Gasteiger partial charge >= 0.3 is 5.97 Å². The molecular weight excluding hydrogens is 321 g/mol. The highest BCUT2D eigenvalue weighted by Crippen LogP contribution is 2.19. The molecule has 0 fully saturated rings. The highest BCUT2D eigenvalue weighted by atomic mass is 35.5. The van der Waals surface area contributed by atoms with Crippen LogP contribution in [0.15, 0.2) is 42.5 Å². The number of hydrogen-bond donors (Lipinski definition) is 1. The number of ether oxygens (including phenoxy) is 1. The number of aryl methyl sites for hydroxylation is 1. The maximum Gasteiger partial charge on any atom is 0.310 e. The second-order valence-corrected chi connectivity index (χ2v) is 5.39. The predicted molar refractivity (Wildman–Crippen MR) is 85.9 cm³/mol. The van der Waals surface area contributed by atoms with Gasteiger partial charge in [-0.25, -0.2) is 4.39 Å². The molecule has 2 aromatic carbocycles. The van der Waals surface area contributed by atoms with Crippen LogP contribution in [0.2, 0.25) is 5.02 Å². The van der Waals surface area contributed by atoms with Crippen molar-refractivity contribution in [3.63, 3.8) is 0 Å². The van der Waals surface area contributed by atoms with Crippen LogP contribution in [0, 0.1) is 12.7 Å². The van der Waals surface area contributed by atoms with Crippen molar-refractivity contribution in [3.8, 4) is 0 Å². The molecule has 0 saturated heterocycles. The number of carbonyl (C=O) groups is 2. The number of carbonyl (C=O) groups excluding carboxylic acids is 2. The lowest BCUT2D eigenvalue weighted by Crippen LogP contribution is -2.21. The molecule has 0 aliphatic heterocycles. The first-order chi connectivity index (χ1) is 10.9. The molecule has 2 aromatic rings. The molecule has 0 aliphatic carbocycles. The van der Waals surface area contributed by atoms with Crippen LogP contribution >= 0.6 is 11.6 Å². The third-order valence-electron chi connectivity index (χ3n) is 3.06. The zero-order chi connectivity index (χ0) is 16.8. The van der Waals surface area contributed by atoms with Crippen LogP contribution in [0.3, 0.4) is 0 Å². The Morgan fingerprint density at radius 3 is 2.70 bits per heavy atom. The largest absolute Gasteiger partial charge is 0.455 e.